The second-order valence-electron chi connectivity index (χ2n) is 5.37. The van der Waals surface area contributed by atoms with Crippen molar-refractivity contribution in [3.63, 3.8) is 0 Å². The molecule has 0 aliphatic carbocycles. The Balaban J connectivity index is 2.30. The maximum Gasteiger partial charge on any atom is 0.328 e. The average Bonchev–Trinajstić information content (AvgIpc) is 2.59. The van der Waals surface area contributed by atoms with Crippen molar-refractivity contribution in [2.24, 2.45) is 0 Å². The van der Waals surface area contributed by atoms with Gasteiger partial charge in [-0.25, -0.2) is 4.79 Å². The van der Waals surface area contributed by atoms with Crippen LogP contribution in [0.5, 0.6) is 0 Å². The summed E-state index contributed by atoms with van der Waals surface area (Å²) in [5.41, 5.74) is 4.29. The fourth-order valence-electron chi connectivity index (χ4n) is 2.71. The summed E-state index contributed by atoms with van der Waals surface area (Å²) in [5.74, 6) is 0. The number of para-hydroxylation sites is 2. The minimum atomic E-state index is -0.0261. The number of urea groups is 1. The predicted octanol–water partition coefficient (Wildman–Crippen LogP) is 4.50. The Morgan fingerprint density at radius 1 is 0.773 bits per heavy atom. The molecular weight excluding hydrogens is 272 g/mol. The van der Waals surface area contributed by atoms with Crippen molar-refractivity contribution in [1.82, 2.24) is 0 Å². The van der Waals surface area contributed by atoms with Gasteiger partial charge in [-0.15, -0.1) is 0 Å². The van der Waals surface area contributed by atoms with Gasteiger partial charge in [-0.2, -0.15) is 0 Å². The first-order valence-electron chi connectivity index (χ1n) is 7.77. The maximum atomic E-state index is 12.8. The molecule has 2 aromatic carbocycles. The van der Waals surface area contributed by atoms with Crippen molar-refractivity contribution in [2.75, 3.05) is 23.9 Å². The van der Waals surface area contributed by atoms with Gasteiger partial charge in [0.25, 0.3) is 0 Å². The van der Waals surface area contributed by atoms with Crippen LogP contribution in [0.3, 0.4) is 0 Å². The summed E-state index contributed by atoms with van der Waals surface area (Å²) in [6.07, 6.45) is 1.81. The quantitative estimate of drug-likeness (QED) is 0.814. The number of benzene rings is 2. The highest BCUT2D eigenvalue weighted by Crippen LogP contribution is 2.24. The zero-order valence-corrected chi connectivity index (χ0v) is 13.8. The molecule has 2 aromatic rings. The summed E-state index contributed by atoms with van der Waals surface area (Å²) in [6, 6.07) is 16.1. The number of hydrogen-bond donors (Lipinski definition) is 0. The van der Waals surface area contributed by atoms with Gasteiger partial charge in [-0.1, -0.05) is 50.2 Å². The first kappa shape index (κ1) is 16.1. The molecule has 0 saturated carbocycles. The molecule has 3 nitrogen and oxygen atoms in total. The molecule has 0 spiro atoms. The molecule has 0 bridgehead atoms. The number of rotatable bonds is 4. The van der Waals surface area contributed by atoms with Gasteiger partial charge >= 0.3 is 6.03 Å². The summed E-state index contributed by atoms with van der Waals surface area (Å²) in [4.78, 5) is 16.3. The van der Waals surface area contributed by atoms with Gasteiger partial charge in [0.05, 0.1) is 0 Å². The van der Waals surface area contributed by atoms with E-state index in [2.05, 4.69) is 26.0 Å². The molecule has 0 radical (unpaired) electrons. The Labute approximate surface area is 133 Å². The third kappa shape index (κ3) is 3.14. The molecular formula is C19H24N2O. The van der Waals surface area contributed by atoms with Gasteiger partial charge in [0.2, 0.25) is 0 Å². The van der Waals surface area contributed by atoms with Crippen molar-refractivity contribution in [1.29, 1.82) is 0 Å². The van der Waals surface area contributed by atoms with Gasteiger partial charge in [-0.05, 0) is 36.1 Å². The fraction of sp³-hybridized carbons (Fsp3) is 0.316. The Bertz CT molecular complexity index is 596. The molecule has 2 amide bonds. The second-order valence-corrected chi connectivity index (χ2v) is 5.37. The minimum absolute atomic E-state index is 0.0261. The fourth-order valence-corrected chi connectivity index (χ4v) is 2.71. The van der Waals surface area contributed by atoms with Crippen LogP contribution in [0, 0.1) is 0 Å². The lowest BCUT2D eigenvalue weighted by Gasteiger charge is -2.27. The molecule has 0 N–H and O–H groups in total. The normalized spacial score (nSPS) is 10.4. The number of aryl methyl sites for hydroxylation is 2. The predicted molar refractivity (Wildman–Crippen MR) is 93.8 cm³/mol. The van der Waals surface area contributed by atoms with Gasteiger partial charge in [0, 0.05) is 25.5 Å². The van der Waals surface area contributed by atoms with Gasteiger partial charge in [-0.3, -0.25) is 9.80 Å². The molecule has 0 heterocycles. The molecule has 22 heavy (non-hydrogen) atoms. The van der Waals surface area contributed by atoms with Crippen molar-refractivity contribution in [3.05, 3.63) is 59.7 Å². The molecule has 0 aromatic heterocycles. The van der Waals surface area contributed by atoms with Crippen LogP contribution in [-0.2, 0) is 12.8 Å². The average molecular weight is 296 g/mol. The van der Waals surface area contributed by atoms with Crippen LogP contribution >= 0.6 is 0 Å². The molecule has 0 unspecified atom stereocenters. The monoisotopic (exact) mass is 296 g/mol. The topological polar surface area (TPSA) is 23.6 Å². The van der Waals surface area contributed by atoms with E-state index in [0.29, 0.717) is 0 Å². The summed E-state index contributed by atoms with van der Waals surface area (Å²) in [7, 11) is 3.67. The summed E-state index contributed by atoms with van der Waals surface area (Å²) in [6.45, 7) is 4.21. The number of nitrogens with zero attached hydrogens (tertiary/aromatic N) is 2. The highest BCUT2D eigenvalue weighted by Gasteiger charge is 2.20. The van der Waals surface area contributed by atoms with Crippen LogP contribution in [0.2, 0.25) is 0 Å². The lowest BCUT2D eigenvalue weighted by molar-refractivity contribution is 0.253. The van der Waals surface area contributed by atoms with E-state index in [4.69, 9.17) is 0 Å². The van der Waals surface area contributed by atoms with Gasteiger partial charge in [0.1, 0.15) is 0 Å². The SMILES string of the molecule is CCc1ccccc1N(C)C(=O)N(C)c1ccccc1CC. The molecule has 0 saturated heterocycles. The summed E-state index contributed by atoms with van der Waals surface area (Å²) >= 11 is 0. The van der Waals surface area contributed by atoms with E-state index in [9.17, 15) is 4.79 Å². The Kier molecular flexibility index (Phi) is 5.21. The van der Waals surface area contributed by atoms with E-state index < -0.39 is 0 Å². The largest absolute Gasteiger partial charge is 0.328 e. The first-order chi connectivity index (χ1) is 10.6. The Morgan fingerprint density at radius 2 is 1.14 bits per heavy atom. The number of carbonyl (C=O) groups is 1. The lowest BCUT2D eigenvalue weighted by Crippen LogP contribution is -2.39. The smallest absolute Gasteiger partial charge is 0.297 e. The molecule has 0 atom stereocenters. The van der Waals surface area contributed by atoms with Crippen LogP contribution in [-0.4, -0.2) is 20.1 Å². The molecule has 116 valence electrons. The maximum absolute atomic E-state index is 12.8. The van der Waals surface area contributed by atoms with Crippen molar-refractivity contribution >= 4 is 17.4 Å². The second kappa shape index (κ2) is 7.12. The van der Waals surface area contributed by atoms with Crippen molar-refractivity contribution in [3.8, 4) is 0 Å². The molecule has 0 aliphatic heterocycles. The summed E-state index contributed by atoms with van der Waals surface area (Å²) < 4.78 is 0. The van der Waals surface area contributed by atoms with Crippen molar-refractivity contribution < 1.29 is 4.79 Å². The molecule has 2 rings (SSSR count). The van der Waals surface area contributed by atoms with Gasteiger partial charge < -0.3 is 0 Å². The molecule has 0 aliphatic rings. The summed E-state index contributed by atoms with van der Waals surface area (Å²) in [5, 5.41) is 0. The number of carbonyl (C=O) groups excluding carboxylic acids is 1. The zero-order chi connectivity index (χ0) is 16.1. The van der Waals surface area contributed by atoms with Crippen LogP contribution in [0.4, 0.5) is 16.2 Å². The molecule has 3 heteroatoms. The van der Waals surface area contributed by atoms with E-state index in [-0.39, 0.29) is 6.03 Å². The third-order valence-corrected chi connectivity index (χ3v) is 4.04. The van der Waals surface area contributed by atoms with E-state index in [0.717, 1.165) is 24.2 Å². The van der Waals surface area contributed by atoms with Crippen LogP contribution in [0.25, 0.3) is 0 Å². The zero-order valence-electron chi connectivity index (χ0n) is 13.8. The number of hydrogen-bond acceptors (Lipinski definition) is 1. The van der Waals surface area contributed by atoms with Crippen molar-refractivity contribution in [2.45, 2.75) is 26.7 Å². The van der Waals surface area contributed by atoms with Gasteiger partial charge in [0.15, 0.2) is 0 Å². The lowest BCUT2D eigenvalue weighted by atomic mass is 10.1. The van der Waals surface area contributed by atoms with Crippen LogP contribution in [0.1, 0.15) is 25.0 Å². The standard InChI is InChI=1S/C19H24N2O/c1-5-15-11-7-9-13-17(15)20(3)19(22)21(4)18-14-10-8-12-16(18)6-2/h7-14H,5-6H2,1-4H3. The first-order valence-corrected chi connectivity index (χ1v) is 7.77. The van der Waals surface area contributed by atoms with E-state index in [1.807, 2.05) is 50.5 Å². The van der Waals surface area contributed by atoms with E-state index in [1.54, 1.807) is 9.80 Å². The highest BCUT2D eigenvalue weighted by molar-refractivity contribution is 6.03. The Hall–Kier alpha value is -2.29. The van der Waals surface area contributed by atoms with Crippen LogP contribution < -0.4 is 9.80 Å². The minimum Gasteiger partial charge on any atom is -0.297 e. The number of amides is 2. The third-order valence-electron chi connectivity index (χ3n) is 4.04. The Morgan fingerprint density at radius 3 is 1.50 bits per heavy atom. The highest BCUT2D eigenvalue weighted by atomic mass is 16.2. The van der Waals surface area contributed by atoms with Crippen LogP contribution in [0.15, 0.2) is 48.5 Å². The van der Waals surface area contributed by atoms with E-state index >= 15 is 0 Å². The number of anilines is 2. The molecule has 0 fully saturated rings. The van der Waals surface area contributed by atoms with E-state index in [1.165, 1.54) is 11.1 Å².